The first kappa shape index (κ1) is 13.3. The van der Waals surface area contributed by atoms with Gasteiger partial charge in [-0.15, -0.1) is 0 Å². The molecule has 0 bridgehead atoms. The van der Waals surface area contributed by atoms with Crippen LogP contribution in [-0.4, -0.2) is 26.2 Å². The third-order valence-corrected chi connectivity index (χ3v) is 3.01. The highest BCUT2D eigenvalue weighted by atomic mass is 35.5. The quantitative estimate of drug-likeness (QED) is 0.747. The molecule has 2 heterocycles. The van der Waals surface area contributed by atoms with Gasteiger partial charge < -0.3 is 9.63 Å². The lowest BCUT2D eigenvalue weighted by molar-refractivity contribution is 0.0697. The van der Waals surface area contributed by atoms with Gasteiger partial charge in [0.05, 0.1) is 11.1 Å². The van der Waals surface area contributed by atoms with Crippen molar-refractivity contribution in [3.05, 3.63) is 53.3 Å². The van der Waals surface area contributed by atoms with E-state index in [1.807, 2.05) is 0 Å². The average molecular weight is 302 g/mol. The van der Waals surface area contributed by atoms with Gasteiger partial charge in [-0.2, -0.15) is 4.98 Å². The molecule has 3 rings (SSSR count). The summed E-state index contributed by atoms with van der Waals surface area (Å²) in [6.07, 6.45) is 1.53. The summed E-state index contributed by atoms with van der Waals surface area (Å²) in [6.45, 7) is 0. The lowest BCUT2D eigenvalue weighted by atomic mass is 10.1. The number of carboxylic acids is 1. The number of aromatic nitrogens is 3. The fraction of sp³-hybridized carbons (Fsp3) is 0. The van der Waals surface area contributed by atoms with Gasteiger partial charge in [0.25, 0.3) is 5.89 Å². The van der Waals surface area contributed by atoms with Crippen LogP contribution in [0.3, 0.4) is 0 Å². The predicted molar refractivity (Wildman–Crippen MR) is 74.9 cm³/mol. The molecule has 0 saturated heterocycles. The molecule has 21 heavy (non-hydrogen) atoms. The first-order chi connectivity index (χ1) is 10.1. The second kappa shape index (κ2) is 5.34. The Morgan fingerprint density at radius 1 is 1.10 bits per heavy atom. The second-order valence-electron chi connectivity index (χ2n) is 4.18. The van der Waals surface area contributed by atoms with Crippen LogP contribution in [0.1, 0.15) is 10.4 Å². The van der Waals surface area contributed by atoms with Crippen LogP contribution in [0.15, 0.2) is 47.1 Å². The van der Waals surface area contributed by atoms with Crippen molar-refractivity contribution in [1.82, 2.24) is 15.1 Å². The second-order valence-corrected chi connectivity index (χ2v) is 4.56. The SMILES string of the molecule is O=C(O)c1ccc(-c2noc(-c3ccc(Cl)nc3)n2)cc1. The Balaban J connectivity index is 1.90. The molecule has 0 aliphatic rings. The molecule has 0 unspecified atom stereocenters. The topological polar surface area (TPSA) is 89.1 Å². The molecule has 1 aromatic carbocycles. The van der Waals surface area contributed by atoms with Crippen LogP contribution in [0, 0.1) is 0 Å². The van der Waals surface area contributed by atoms with Crippen LogP contribution in [0.4, 0.5) is 0 Å². The van der Waals surface area contributed by atoms with Gasteiger partial charge in [-0.25, -0.2) is 9.78 Å². The van der Waals surface area contributed by atoms with Gasteiger partial charge in [-0.05, 0) is 24.3 Å². The molecular formula is C14H8ClN3O3. The van der Waals surface area contributed by atoms with E-state index in [4.69, 9.17) is 21.2 Å². The number of rotatable bonds is 3. The summed E-state index contributed by atoms with van der Waals surface area (Å²) in [5.74, 6) is -0.295. The number of nitrogens with zero attached hydrogens (tertiary/aromatic N) is 3. The van der Waals surface area contributed by atoms with E-state index >= 15 is 0 Å². The molecule has 104 valence electrons. The zero-order valence-electron chi connectivity index (χ0n) is 10.5. The largest absolute Gasteiger partial charge is 0.478 e. The van der Waals surface area contributed by atoms with Crippen LogP contribution in [0.25, 0.3) is 22.8 Å². The van der Waals surface area contributed by atoms with Gasteiger partial charge in [0.1, 0.15) is 5.15 Å². The summed E-state index contributed by atoms with van der Waals surface area (Å²) >= 11 is 5.71. The van der Waals surface area contributed by atoms with E-state index < -0.39 is 5.97 Å². The molecule has 0 atom stereocenters. The minimum atomic E-state index is -0.984. The van der Waals surface area contributed by atoms with Crippen molar-refractivity contribution in [3.63, 3.8) is 0 Å². The van der Waals surface area contributed by atoms with Crippen LogP contribution >= 0.6 is 11.6 Å². The maximum Gasteiger partial charge on any atom is 0.335 e. The first-order valence-corrected chi connectivity index (χ1v) is 6.30. The standard InChI is InChI=1S/C14H8ClN3O3/c15-11-6-5-10(7-16-11)13-17-12(18-21-13)8-1-3-9(4-2-8)14(19)20/h1-7H,(H,19,20). The van der Waals surface area contributed by atoms with Crippen molar-refractivity contribution in [2.45, 2.75) is 0 Å². The van der Waals surface area contributed by atoms with Gasteiger partial charge in [0, 0.05) is 11.8 Å². The number of hydrogen-bond donors (Lipinski definition) is 1. The van der Waals surface area contributed by atoms with E-state index in [-0.39, 0.29) is 5.56 Å². The molecular weight excluding hydrogens is 294 g/mol. The van der Waals surface area contributed by atoms with Crippen molar-refractivity contribution < 1.29 is 14.4 Å². The lowest BCUT2D eigenvalue weighted by Crippen LogP contribution is -1.95. The van der Waals surface area contributed by atoms with Crippen molar-refractivity contribution in [2.75, 3.05) is 0 Å². The average Bonchev–Trinajstić information content (AvgIpc) is 2.98. The Morgan fingerprint density at radius 2 is 1.81 bits per heavy atom. The van der Waals surface area contributed by atoms with Crippen LogP contribution in [0.2, 0.25) is 5.15 Å². The number of hydrogen-bond acceptors (Lipinski definition) is 5. The molecule has 0 amide bonds. The minimum absolute atomic E-state index is 0.198. The minimum Gasteiger partial charge on any atom is -0.478 e. The van der Waals surface area contributed by atoms with Crippen molar-refractivity contribution >= 4 is 17.6 Å². The number of pyridine rings is 1. The molecule has 6 nitrogen and oxygen atoms in total. The van der Waals surface area contributed by atoms with E-state index in [1.54, 1.807) is 24.3 Å². The Bertz CT molecular complexity index is 782. The highest BCUT2D eigenvalue weighted by molar-refractivity contribution is 6.29. The lowest BCUT2D eigenvalue weighted by Gasteiger charge is -1.96. The van der Waals surface area contributed by atoms with Crippen LogP contribution in [-0.2, 0) is 0 Å². The van der Waals surface area contributed by atoms with Gasteiger partial charge >= 0.3 is 5.97 Å². The number of aromatic carboxylic acids is 1. The molecule has 0 radical (unpaired) electrons. The molecule has 0 fully saturated rings. The van der Waals surface area contributed by atoms with E-state index in [9.17, 15) is 4.79 Å². The van der Waals surface area contributed by atoms with Gasteiger partial charge in [0.2, 0.25) is 5.82 Å². The van der Waals surface area contributed by atoms with E-state index in [1.165, 1.54) is 18.3 Å². The predicted octanol–water partition coefficient (Wildman–Crippen LogP) is 3.15. The molecule has 0 spiro atoms. The summed E-state index contributed by atoms with van der Waals surface area (Å²) in [5.41, 5.74) is 1.52. The maximum absolute atomic E-state index is 10.8. The van der Waals surface area contributed by atoms with Gasteiger partial charge in [-0.1, -0.05) is 28.9 Å². The third kappa shape index (κ3) is 2.75. The monoisotopic (exact) mass is 301 g/mol. The fourth-order valence-electron chi connectivity index (χ4n) is 1.72. The maximum atomic E-state index is 10.8. The highest BCUT2D eigenvalue weighted by Gasteiger charge is 2.11. The number of carbonyl (C=O) groups is 1. The fourth-order valence-corrected chi connectivity index (χ4v) is 1.83. The molecule has 0 aliphatic carbocycles. The molecule has 3 aromatic rings. The Hall–Kier alpha value is -2.73. The van der Waals surface area contributed by atoms with Crippen molar-refractivity contribution in [2.24, 2.45) is 0 Å². The van der Waals surface area contributed by atoms with E-state index in [2.05, 4.69) is 15.1 Å². The highest BCUT2D eigenvalue weighted by Crippen LogP contribution is 2.22. The van der Waals surface area contributed by atoms with Crippen LogP contribution in [0.5, 0.6) is 0 Å². The summed E-state index contributed by atoms with van der Waals surface area (Å²) in [5, 5.41) is 13.1. The molecule has 2 aromatic heterocycles. The van der Waals surface area contributed by atoms with Gasteiger partial charge in [0.15, 0.2) is 0 Å². The molecule has 7 heteroatoms. The van der Waals surface area contributed by atoms with Crippen LogP contribution < -0.4 is 0 Å². The molecule has 0 aliphatic heterocycles. The van der Waals surface area contributed by atoms with Gasteiger partial charge in [-0.3, -0.25) is 0 Å². The Morgan fingerprint density at radius 3 is 2.43 bits per heavy atom. The normalized spacial score (nSPS) is 10.5. The Labute approximate surface area is 124 Å². The summed E-state index contributed by atoms with van der Waals surface area (Å²) in [4.78, 5) is 19.0. The van der Waals surface area contributed by atoms with Crippen molar-refractivity contribution in [3.8, 4) is 22.8 Å². The molecule has 0 saturated carbocycles. The van der Waals surface area contributed by atoms with Crippen molar-refractivity contribution in [1.29, 1.82) is 0 Å². The molecule has 1 N–H and O–H groups in total. The summed E-state index contributed by atoms with van der Waals surface area (Å²) < 4.78 is 5.16. The summed E-state index contributed by atoms with van der Waals surface area (Å²) in [6, 6.07) is 9.56. The Kier molecular flexibility index (Phi) is 3.37. The smallest absolute Gasteiger partial charge is 0.335 e. The third-order valence-electron chi connectivity index (χ3n) is 2.79. The number of benzene rings is 1. The van der Waals surface area contributed by atoms with E-state index in [0.717, 1.165) is 0 Å². The van der Waals surface area contributed by atoms with E-state index in [0.29, 0.717) is 28.0 Å². The zero-order chi connectivity index (χ0) is 14.8. The number of carboxylic acid groups (broad SMARTS) is 1. The number of halogens is 1. The first-order valence-electron chi connectivity index (χ1n) is 5.93. The summed E-state index contributed by atoms with van der Waals surface area (Å²) in [7, 11) is 0. The zero-order valence-corrected chi connectivity index (χ0v) is 11.3.